The summed E-state index contributed by atoms with van der Waals surface area (Å²) in [7, 11) is 1.65. The van der Waals surface area contributed by atoms with Crippen molar-refractivity contribution in [1.82, 2.24) is 16.2 Å². The summed E-state index contributed by atoms with van der Waals surface area (Å²) in [6, 6.07) is 15.5. The normalized spacial score (nSPS) is 24.7. The van der Waals surface area contributed by atoms with E-state index in [2.05, 4.69) is 21.5 Å². The predicted octanol–water partition coefficient (Wildman–Crippen LogP) is 1.90. The van der Waals surface area contributed by atoms with Gasteiger partial charge in [0.1, 0.15) is 11.8 Å². The second-order valence-electron chi connectivity index (χ2n) is 7.08. The molecule has 4 N–H and O–H groups in total. The molecule has 148 valence electrons. The third-order valence-electron chi connectivity index (χ3n) is 5.19. The number of carbonyl (C=O) groups is 1. The molecule has 3 atom stereocenters. The molecule has 2 heterocycles. The highest BCUT2D eigenvalue weighted by Crippen LogP contribution is 2.26. The van der Waals surface area contributed by atoms with Gasteiger partial charge in [-0.1, -0.05) is 24.3 Å². The highest BCUT2D eigenvalue weighted by molar-refractivity contribution is 5.95. The van der Waals surface area contributed by atoms with Gasteiger partial charge in [0.2, 0.25) is 5.91 Å². The van der Waals surface area contributed by atoms with Gasteiger partial charge in [-0.15, -0.1) is 0 Å². The Morgan fingerprint density at radius 3 is 2.75 bits per heavy atom. The van der Waals surface area contributed by atoms with Crippen molar-refractivity contribution in [3.8, 4) is 5.75 Å². The van der Waals surface area contributed by atoms with Crippen molar-refractivity contribution in [2.75, 3.05) is 32.1 Å². The quantitative estimate of drug-likeness (QED) is 0.632. The van der Waals surface area contributed by atoms with Gasteiger partial charge in [-0.25, -0.2) is 10.9 Å². The van der Waals surface area contributed by atoms with Crippen LogP contribution in [-0.4, -0.2) is 38.8 Å². The van der Waals surface area contributed by atoms with Crippen molar-refractivity contribution < 1.29 is 14.3 Å². The van der Waals surface area contributed by atoms with Crippen LogP contribution < -0.4 is 26.2 Å². The fourth-order valence-corrected chi connectivity index (χ4v) is 3.59. The highest BCUT2D eigenvalue weighted by Gasteiger charge is 2.30. The van der Waals surface area contributed by atoms with E-state index in [4.69, 9.17) is 9.47 Å². The summed E-state index contributed by atoms with van der Waals surface area (Å²) < 4.78 is 11.0. The van der Waals surface area contributed by atoms with E-state index < -0.39 is 0 Å². The van der Waals surface area contributed by atoms with E-state index >= 15 is 0 Å². The van der Waals surface area contributed by atoms with Crippen LogP contribution in [0, 0.1) is 0 Å². The first-order valence-corrected chi connectivity index (χ1v) is 9.61. The van der Waals surface area contributed by atoms with Crippen molar-refractivity contribution in [3.05, 3.63) is 59.7 Å². The molecule has 2 unspecified atom stereocenters. The Morgan fingerprint density at radius 1 is 1.14 bits per heavy atom. The zero-order chi connectivity index (χ0) is 19.3. The maximum absolute atomic E-state index is 12.6. The number of amides is 1. The van der Waals surface area contributed by atoms with E-state index in [0.717, 1.165) is 42.3 Å². The van der Waals surface area contributed by atoms with E-state index in [1.165, 1.54) is 0 Å². The largest absolute Gasteiger partial charge is 0.497 e. The molecule has 0 bridgehead atoms. The maximum Gasteiger partial charge on any atom is 0.242 e. The molecular formula is C21H26N4O3. The van der Waals surface area contributed by atoms with Gasteiger partial charge in [0.15, 0.2) is 0 Å². The summed E-state index contributed by atoms with van der Waals surface area (Å²) in [6.07, 6.45) is 0.737. The number of ether oxygens (including phenoxy) is 2. The lowest BCUT2D eigenvalue weighted by molar-refractivity contribution is -0.117. The molecule has 2 aliphatic rings. The van der Waals surface area contributed by atoms with E-state index in [-0.39, 0.29) is 24.1 Å². The fraction of sp³-hybridized carbons (Fsp3) is 0.381. The number of carbonyl (C=O) groups excluding carboxylic acids is 1. The highest BCUT2D eigenvalue weighted by atomic mass is 16.5. The van der Waals surface area contributed by atoms with Crippen molar-refractivity contribution in [2.24, 2.45) is 0 Å². The van der Waals surface area contributed by atoms with Gasteiger partial charge in [0.05, 0.1) is 19.8 Å². The molecule has 1 amide bonds. The van der Waals surface area contributed by atoms with Gasteiger partial charge < -0.3 is 20.1 Å². The van der Waals surface area contributed by atoms with Crippen molar-refractivity contribution in [2.45, 2.75) is 24.6 Å². The van der Waals surface area contributed by atoms with Crippen LogP contribution in [0.2, 0.25) is 0 Å². The van der Waals surface area contributed by atoms with Crippen molar-refractivity contribution in [3.63, 3.8) is 0 Å². The monoisotopic (exact) mass is 382 g/mol. The number of hydrazine groups is 1. The van der Waals surface area contributed by atoms with Crippen LogP contribution in [0.5, 0.6) is 5.75 Å². The molecule has 2 saturated heterocycles. The predicted molar refractivity (Wildman–Crippen MR) is 107 cm³/mol. The Morgan fingerprint density at radius 2 is 2.00 bits per heavy atom. The molecule has 2 aromatic rings. The molecular weight excluding hydrogens is 356 g/mol. The maximum atomic E-state index is 12.6. The second-order valence-corrected chi connectivity index (χ2v) is 7.08. The summed E-state index contributed by atoms with van der Waals surface area (Å²) in [6.45, 7) is 2.43. The molecule has 7 nitrogen and oxygen atoms in total. The third kappa shape index (κ3) is 4.34. The van der Waals surface area contributed by atoms with Crippen LogP contribution in [0.3, 0.4) is 0 Å². The fourth-order valence-electron chi connectivity index (χ4n) is 3.59. The Labute approximate surface area is 164 Å². The van der Waals surface area contributed by atoms with Gasteiger partial charge in [-0.2, -0.15) is 0 Å². The average molecular weight is 382 g/mol. The summed E-state index contributed by atoms with van der Waals surface area (Å²) in [5.74, 6) is 0.755. The molecule has 28 heavy (non-hydrogen) atoms. The minimum absolute atomic E-state index is 0.0544. The van der Waals surface area contributed by atoms with E-state index in [1.54, 1.807) is 7.11 Å². The third-order valence-corrected chi connectivity index (χ3v) is 5.19. The lowest BCUT2D eigenvalue weighted by atomic mass is 10.0. The summed E-state index contributed by atoms with van der Waals surface area (Å²) >= 11 is 0. The molecule has 4 rings (SSSR count). The minimum Gasteiger partial charge on any atom is -0.497 e. The van der Waals surface area contributed by atoms with Crippen LogP contribution in [0.1, 0.15) is 29.7 Å². The Hall–Kier alpha value is -2.45. The topological polar surface area (TPSA) is 83.7 Å². The van der Waals surface area contributed by atoms with Gasteiger partial charge in [0.25, 0.3) is 0 Å². The number of nitrogens with one attached hydrogen (secondary N) is 4. The van der Waals surface area contributed by atoms with Crippen LogP contribution >= 0.6 is 0 Å². The molecule has 0 spiro atoms. The van der Waals surface area contributed by atoms with E-state index in [1.807, 2.05) is 48.5 Å². The van der Waals surface area contributed by atoms with Gasteiger partial charge in [-0.3, -0.25) is 4.79 Å². The number of anilines is 1. The molecule has 2 aliphatic heterocycles. The van der Waals surface area contributed by atoms with Crippen LogP contribution in [0.4, 0.5) is 5.69 Å². The minimum atomic E-state index is -0.304. The summed E-state index contributed by atoms with van der Waals surface area (Å²) in [5, 5.41) is 6.31. The summed E-state index contributed by atoms with van der Waals surface area (Å²) in [4.78, 5) is 12.6. The molecule has 0 aliphatic carbocycles. The lowest BCUT2D eigenvalue weighted by Crippen LogP contribution is -2.39. The van der Waals surface area contributed by atoms with E-state index in [9.17, 15) is 4.79 Å². The zero-order valence-corrected chi connectivity index (χ0v) is 15.9. The Kier molecular flexibility index (Phi) is 5.87. The first-order valence-electron chi connectivity index (χ1n) is 9.61. The van der Waals surface area contributed by atoms with Crippen LogP contribution in [-0.2, 0) is 9.53 Å². The molecule has 2 aromatic carbocycles. The number of hydrogen-bond acceptors (Lipinski definition) is 6. The Bertz CT molecular complexity index is 806. The summed E-state index contributed by atoms with van der Waals surface area (Å²) in [5.41, 5.74) is 9.28. The standard InChI is InChI=1S/C21H26N4O3/c1-27-17-4-2-3-15(11-17)18-12-19(25-24-18)21(26)23-16-7-5-14(6-8-16)20-13-22-9-10-28-20/h2-8,11,18-20,22,24-25H,9-10,12-13H2,1H3,(H,23,26)/t18?,19?,20-/m1/s1. The SMILES string of the molecule is COc1cccc(C2CC(C(=O)Nc3ccc([C@H]4CNCCO4)cc3)NN2)c1. The Balaban J connectivity index is 1.33. The molecule has 0 aromatic heterocycles. The van der Waals surface area contributed by atoms with E-state index in [0.29, 0.717) is 6.42 Å². The molecule has 2 fully saturated rings. The lowest BCUT2D eigenvalue weighted by Gasteiger charge is -2.24. The zero-order valence-electron chi connectivity index (χ0n) is 15.9. The van der Waals surface area contributed by atoms with Gasteiger partial charge >= 0.3 is 0 Å². The molecule has 0 radical (unpaired) electrons. The number of benzene rings is 2. The average Bonchev–Trinajstić information content (AvgIpc) is 3.25. The van der Waals surface area contributed by atoms with Gasteiger partial charge in [-0.05, 0) is 41.8 Å². The molecule has 7 heteroatoms. The van der Waals surface area contributed by atoms with Crippen molar-refractivity contribution >= 4 is 11.6 Å². The second kappa shape index (κ2) is 8.70. The number of methoxy groups -OCH3 is 1. The first-order chi connectivity index (χ1) is 13.7. The van der Waals surface area contributed by atoms with Crippen LogP contribution in [0.25, 0.3) is 0 Å². The van der Waals surface area contributed by atoms with Gasteiger partial charge in [0, 0.05) is 24.8 Å². The van der Waals surface area contributed by atoms with Crippen LogP contribution in [0.15, 0.2) is 48.5 Å². The number of morpholine rings is 1. The molecule has 0 saturated carbocycles. The number of hydrogen-bond donors (Lipinski definition) is 4. The van der Waals surface area contributed by atoms with Crippen molar-refractivity contribution in [1.29, 1.82) is 0 Å². The number of rotatable bonds is 5. The first kappa shape index (κ1) is 18.9. The smallest absolute Gasteiger partial charge is 0.242 e.